The van der Waals surface area contributed by atoms with E-state index >= 15 is 0 Å². The molecule has 0 unspecified atom stereocenters. The van der Waals surface area contributed by atoms with Crippen molar-refractivity contribution >= 4 is 17.6 Å². The second kappa shape index (κ2) is 8.59. The van der Waals surface area contributed by atoms with Gasteiger partial charge in [0.1, 0.15) is 0 Å². The van der Waals surface area contributed by atoms with E-state index in [2.05, 4.69) is 19.2 Å². The number of esters is 1. The molecule has 148 valence electrons. The molecule has 0 saturated carbocycles. The van der Waals surface area contributed by atoms with Crippen molar-refractivity contribution in [2.75, 3.05) is 5.32 Å². The molecule has 0 aromatic heterocycles. The monoisotopic (exact) mass is 379 g/mol. The second-order valence-corrected chi connectivity index (χ2v) is 7.92. The third-order valence-electron chi connectivity index (χ3n) is 5.41. The number of carbonyl (C=O) groups excluding carboxylic acids is 2. The molecule has 2 aromatic rings. The Morgan fingerprint density at radius 2 is 1.71 bits per heavy atom. The number of carbonyl (C=O) groups is 2. The molecule has 0 bridgehead atoms. The van der Waals surface area contributed by atoms with Crippen molar-refractivity contribution in [3.8, 4) is 0 Å². The van der Waals surface area contributed by atoms with Gasteiger partial charge >= 0.3 is 5.97 Å². The van der Waals surface area contributed by atoms with Gasteiger partial charge in [-0.1, -0.05) is 38.1 Å². The average Bonchev–Trinajstić information content (AvgIpc) is 2.68. The highest BCUT2D eigenvalue weighted by Crippen LogP contribution is 2.28. The number of para-hydroxylation sites is 1. The van der Waals surface area contributed by atoms with Crippen LogP contribution >= 0.6 is 0 Å². The van der Waals surface area contributed by atoms with E-state index in [9.17, 15) is 9.59 Å². The van der Waals surface area contributed by atoms with E-state index in [1.165, 1.54) is 17.5 Å². The summed E-state index contributed by atoms with van der Waals surface area (Å²) in [6, 6.07) is 11.7. The summed E-state index contributed by atoms with van der Waals surface area (Å²) < 4.78 is 5.45. The van der Waals surface area contributed by atoms with Crippen LogP contribution < -0.4 is 5.32 Å². The van der Waals surface area contributed by atoms with Crippen molar-refractivity contribution < 1.29 is 14.3 Å². The van der Waals surface area contributed by atoms with Crippen LogP contribution in [0.25, 0.3) is 0 Å². The molecule has 0 aliphatic heterocycles. The van der Waals surface area contributed by atoms with Gasteiger partial charge in [-0.25, -0.2) is 4.79 Å². The first-order chi connectivity index (χ1) is 13.4. The maximum atomic E-state index is 12.7. The van der Waals surface area contributed by atoms with Gasteiger partial charge < -0.3 is 10.1 Å². The van der Waals surface area contributed by atoms with Crippen LogP contribution in [0.2, 0.25) is 0 Å². The van der Waals surface area contributed by atoms with E-state index in [1.54, 1.807) is 13.0 Å². The van der Waals surface area contributed by atoms with E-state index in [0.29, 0.717) is 5.56 Å². The first-order valence-electron chi connectivity index (χ1n) is 10.1. The number of ether oxygens (including phenoxy) is 1. The van der Waals surface area contributed by atoms with Crippen LogP contribution in [0, 0.1) is 6.92 Å². The Morgan fingerprint density at radius 1 is 1.00 bits per heavy atom. The fourth-order valence-electron chi connectivity index (χ4n) is 3.71. The molecule has 1 aliphatic carbocycles. The predicted molar refractivity (Wildman–Crippen MR) is 112 cm³/mol. The van der Waals surface area contributed by atoms with Crippen LogP contribution in [0.3, 0.4) is 0 Å². The van der Waals surface area contributed by atoms with Crippen molar-refractivity contribution in [1.29, 1.82) is 0 Å². The molecule has 0 spiro atoms. The van der Waals surface area contributed by atoms with E-state index < -0.39 is 12.1 Å². The second-order valence-electron chi connectivity index (χ2n) is 7.92. The molecule has 0 fully saturated rings. The van der Waals surface area contributed by atoms with Gasteiger partial charge in [-0.15, -0.1) is 0 Å². The Balaban J connectivity index is 1.69. The summed E-state index contributed by atoms with van der Waals surface area (Å²) >= 11 is 0. The van der Waals surface area contributed by atoms with Gasteiger partial charge in [0.05, 0.1) is 5.56 Å². The zero-order valence-corrected chi connectivity index (χ0v) is 17.2. The minimum atomic E-state index is -0.872. The van der Waals surface area contributed by atoms with Crippen LogP contribution in [0.5, 0.6) is 0 Å². The third kappa shape index (κ3) is 4.44. The first kappa shape index (κ1) is 20.1. The number of aryl methyl sites for hydroxylation is 3. The number of anilines is 1. The van der Waals surface area contributed by atoms with Crippen molar-refractivity contribution in [3.63, 3.8) is 0 Å². The van der Waals surface area contributed by atoms with E-state index in [4.69, 9.17) is 4.74 Å². The van der Waals surface area contributed by atoms with Gasteiger partial charge in [0.2, 0.25) is 0 Å². The number of hydrogen-bond donors (Lipinski definition) is 1. The summed E-state index contributed by atoms with van der Waals surface area (Å²) in [4.78, 5) is 25.2. The third-order valence-corrected chi connectivity index (χ3v) is 5.41. The minimum Gasteiger partial charge on any atom is -0.449 e. The van der Waals surface area contributed by atoms with Crippen LogP contribution in [-0.4, -0.2) is 18.0 Å². The molecule has 0 heterocycles. The molecule has 1 amide bonds. The van der Waals surface area contributed by atoms with E-state index in [1.807, 2.05) is 37.3 Å². The molecule has 4 nitrogen and oxygen atoms in total. The molecule has 2 aromatic carbocycles. The minimum absolute atomic E-state index is 0.281. The zero-order chi connectivity index (χ0) is 20.3. The highest BCUT2D eigenvalue weighted by Gasteiger charge is 2.22. The number of benzene rings is 2. The van der Waals surface area contributed by atoms with Crippen LogP contribution in [0.4, 0.5) is 5.69 Å². The lowest BCUT2D eigenvalue weighted by atomic mass is 9.90. The van der Waals surface area contributed by atoms with Gasteiger partial charge in [0.15, 0.2) is 6.10 Å². The quantitative estimate of drug-likeness (QED) is 0.728. The Hall–Kier alpha value is -2.62. The van der Waals surface area contributed by atoms with Gasteiger partial charge in [-0.05, 0) is 79.8 Å². The largest absolute Gasteiger partial charge is 0.449 e. The first-order valence-corrected chi connectivity index (χ1v) is 10.1. The molecular formula is C24H29NO3. The van der Waals surface area contributed by atoms with E-state index in [-0.39, 0.29) is 11.8 Å². The summed E-state index contributed by atoms with van der Waals surface area (Å²) in [6.45, 7) is 7.75. The fraction of sp³-hybridized carbons (Fsp3) is 0.417. The van der Waals surface area contributed by atoms with Gasteiger partial charge in [0.25, 0.3) is 5.91 Å². The van der Waals surface area contributed by atoms with Crippen molar-refractivity contribution in [2.24, 2.45) is 0 Å². The molecule has 1 aliphatic rings. The highest BCUT2D eigenvalue weighted by atomic mass is 16.5. The maximum Gasteiger partial charge on any atom is 0.338 e. The lowest BCUT2D eigenvalue weighted by molar-refractivity contribution is -0.123. The average molecular weight is 380 g/mol. The normalized spacial score (nSPS) is 14.3. The van der Waals surface area contributed by atoms with Crippen molar-refractivity contribution in [1.82, 2.24) is 0 Å². The van der Waals surface area contributed by atoms with Crippen LogP contribution in [0.1, 0.15) is 72.1 Å². The summed E-state index contributed by atoms with van der Waals surface area (Å²) in [6.07, 6.45) is 3.54. The van der Waals surface area contributed by atoms with Crippen molar-refractivity contribution in [2.45, 2.75) is 65.4 Å². The fourth-order valence-corrected chi connectivity index (χ4v) is 3.71. The standard InChI is InChI=1S/C24H29NO3/c1-15(2)21-11-7-8-16(3)22(21)25-23(26)17(4)28-24(27)20-13-12-18-9-5-6-10-19(18)14-20/h7-8,11-15,17H,5-6,9-10H2,1-4H3,(H,25,26)/t17-/m0/s1. The lowest BCUT2D eigenvalue weighted by Gasteiger charge is -2.19. The van der Waals surface area contributed by atoms with Gasteiger partial charge in [-0.2, -0.15) is 0 Å². The Labute approximate surface area is 167 Å². The smallest absolute Gasteiger partial charge is 0.338 e. The number of rotatable bonds is 5. The Morgan fingerprint density at radius 3 is 2.43 bits per heavy atom. The van der Waals surface area contributed by atoms with Gasteiger partial charge in [-0.3, -0.25) is 4.79 Å². The number of hydrogen-bond acceptors (Lipinski definition) is 3. The number of amides is 1. The van der Waals surface area contributed by atoms with Gasteiger partial charge in [0, 0.05) is 5.69 Å². The summed E-state index contributed by atoms with van der Waals surface area (Å²) in [5.41, 5.74) is 5.92. The number of nitrogens with one attached hydrogen (secondary N) is 1. The molecular weight excluding hydrogens is 350 g/mol. The summed E-state index contributed by atoms with van der Waals surface area (Å²) in [5.74, 6) is -0.490. The topological polar surface area (TPSA) is 55.4 Å². The summed E-state index contributed by atoms with van der Waals surface area (Å²) in [7, 11) is 0. The van der Waals surface area contributed by atoms with E-state index in [0.717, 1.165) is 36.1 Å². The maximum absolute atomic E-state index is 12.7. The van der Waals surface area contributed by atoms with Crippen LogP contribution in [0.15, 0.2) is 36.4 Å². The Bertz CT molecular complexity index is 885. The molecule has 3 rings (SSSR count). The molecule has 0 radical (unpaired) electrons. The molecule has 28 heavy (non-hydrogen) atoms. The molecule has 1 N–H and O–H groups in total. The number of fused-ring (bicyclic) bond motifs is 1. The predicted octanol–water partition coefficient (Wildman–Crippen LogP) is 5.18. The molecule has 4 heteroatoms. The van der Waals surface area contributed by atoms with Crippen LogP contribution in [-0.2, 0) is 22.4 Å². The Kier molecular flexibility index (Phi) is 6.18. The molecule has 1 atom stereocenters. The van der Waals surface area contributed by atoms with Crippen molar-refractivity contribution in [3.05, 3.63) is 64.2 Å². The SMILES string of the molecule is Cc1cccc(C(C)C)c1NC(=O)[C@H](C)OC(=O)c1ccc2c(c1)CCCC2. The zero-order valence-electron chi connectivity index (χ0n) is 17.2. The summed E-state index contributed by atoms with van der Waals surface area (Å²) in [5, 5.41) is 2.95. The highest BCUT2D eigenvalue weighted by molar-refractivity contribution is 5.98. The molecule has 0 saturated heterocycles. The lowest BCUT2D eigenvalue weighted by Crippen LogP contribution is -2.30.